The van der Waals surface area contributed by atoms with Crippen molar-refractivity contribution < 1.29 is 13.6 Å². The molecule has 0 aliphatic carbocycles. The summed E-state index contributed by atoms with van der Waals surface area (Å²) in [4.78, 5) is 24.6. The number of benzene rings is 2. The molecular weight excluding hydrogens is 340 g/mol. The molecule has 0 aliphatic rings. The van der Waals surface area contributed by atoms with E-state index in [0.717, 1.165) is 0 Å². The first kappa shape index (κ1) is 17.6. The molecule has 0 bridgehead atoms. The molecule has 0 unspecified atom stereocenters. The smallest absolute Gasteiger partial charge is 0.274 e. The minimum atomic E-state index is -0.438. The summed E-state index contributed by atoms with van der Waals surface area (Å²) in [5.41, 5.74) is 1.70. The lowest BCUT2D eigenvalue weighted by Crippen LogP contribution is -2.19. The van der Waals surface area contributed by atoms with Gasteiger partial charge in [-0.15, -0.1) is 0 Å². The van der Waals surface area contributed by atoms with Gasteiger partial charge in [-0.2, -0.15) is 0 Å². The van der Waals surface area contributed by atoms with Crippen LogP contribution in [0.1, 0.15) is 17.7 Å². The number of nitrogens with one attached hydrogen (secondary N) is 2. The summed E-state index contributed by atoms with van der Waals surface area (Å²) in [6, 6.07) is 11.1. The van der Waals surface area contributed by atoms with E-state index in [-0.39, 0.29) is 30.1 Å². The van der Waals surface area contributed by atoms with Crippen LogP contribution >= 0.6 is 0 Å². The molecule has 2 aromatic carbocycles. The first-order valence-corrected chi connectivity index (χ1v) is 8.06. The number of hydrogen-bond acceptors (Lipinski definition) is 2. The lowest BCUT2D eigenvalue weighted by molar-refractivity contribution is -0.116. The van der Waals surface area contributed by atoms with Gasteiger partial charge in [0.25, 0.3) is 5.56 Å². The third-order valence-electron chi connectivity index (χ3n) is 3.99. The molecule has 1 heterocycles. The van der Waals surface area contributed by atoms with Crippen molar-refractivity contribution in [2.45, 2.75) is 19.8 Å². The van der Waals surface area contributed by atoms with E-state index in [9.17, 15) is 18.4 Å². The monoisotopic (exact) mass is 357 g/mol. The Labute approximate surface area is 148 Å². The molecule has 5 nitrogen and oxygen atoms in total. The fourth-order valence-electron chi connectivity index (χ4n) is 2.68. The number of nitrogens with zero attached hydrogens (tertiary/aromatic N) is 1. The molecule has 0 saturated heterocycles. The fourth-order valence-corrected chi connectivity index (χ4v) is 2.68. The van der Waals surface area contributed by atoms with E-state index in [1.165, 1.54) is 47.1 Å². The van der Waals surface area contributed by atoms with Crippen LogP contribution in [0, 0.1) is 18.6 Å². The predicted molar refractivity (Wildman–Crippen MR) is 94.4 cm³/mol. The van der Waals surface area contributed by atoms with Crippen LogP contribution in [0.2, 0.25) is 0 Å². The third-order valence-corrected chi connectivity index (χ3v) is 3.99. The van der Waals surface area contributed by atoms with Gasteiger partial charge < -0.3 is 5.32 Å². The number of H-pyrrole nitrogens is 1. The molecule has 0 fully saturated rings. The molecule has 0 atom stereocenters. The van der Waals surface area contributed by atoms with E-state index in [4.69, 9.17) is 0 Å². The zero-order valence-corrected chi connectivity index (χ0v) is 14.1. The highest BCUT2D eigenvalue weighted by Gasteiger charge is 2.14. The number of halogens is 2. The maximum Gasteiger partial charge on any atom is 0.274 e. The first-order valence-electron chi connectivity index (χ1n) is 8.06. The van der Waals surface area contributed by atoms with Gasteiger partial charge in [0.05, 0.1) is 5.69 Å². The minimum Gasteiger partial charge on any atom is -0.326 e. The fraction of sp³-hybridized carbons (Fsp3) is 0.158. The second-order valence-electron chi connectivity index (χ2n) is 5.89. The van der Waals surface area contributed by atoms with Crippen molar-refractivity contribution in [1.29, 1.82) is 0 Å². The van der Waals surface area contributed by atoms with Crippen LogP contribution in [0.3, 0.4) is 0 Å². The molecule has 7 heteroatoms. The van der Waals surface area contributed by atoms with Crippen molar-refractivity contribution in [3.8, 4) is 5.69 Å². The Morgan fingerprint density at radius 2 is 1.85 bits per heavy atom. The molecule has 1 amide bonds. The number of rotatable bonds is 5. The van der Waals surface area contributed by atoms with Crippen LogP contribution in [0.5, 0.6) is 0 Å². The number of carbonyl (C=O) groups is 1. The van der Waals surface area contributed by atoms with E-state index >= 15 is 0 Å². The normalized spacial score (nSPS) is 10.7. The van der Waals surface area contributed by atoms with Crippen LogP contribution in [-0.4, -0.2) is 15.7 Å². The predicted octanol–water partition coefficient (Wildman–Crippen LogP) is 3.32. The summed E-state index contributed by atoms with van der Waals surface area (Å²) < 4.78 is 27.5. The minimum absolute atomic E-state index is 0.0772. The van der Waals surface area contributed by atoms with Gasteiger partial charge in [0, 0.05) is 23.4 Å². The van der Waals surface area contributed by atoms with Crippen LogP contribution in [-0.2, 0) is 11.2 Å². The van der Waals surface area contributed by atoms with Gasteiger partial charge in [0.2, 0.25) is 5.91 Å². The maximum atomic E-state index is 13.1. The first-order chi connectivity index (χ1) is 12.4. The second kappa shape index (κ2) is 7.35. The molecule has 0 spiro atoms. The van der Waals surface area contributed by atoms with E-state index < -0.39 is 5.82 Å². The Morgan fingerprint density at radius 3 is 2.54 bits per heavy atom. The van der Waals surface area contributed by atoms with Gasteiger partial charge in [-0.05, 0) is 55.8 Å². The molecule has 0 radical (unpaired) electrons. The van der Waals surface area contributed by atoms with Gasteiger partial charge >= 0.3 is 0 Å². The number of aromatic nitrogens is 2. The van der Waals surface area contributed by atoms with E-state index in [0.29, 0.717) is 22.6 Å². The number of amides is 1. The van der Waals surface area contributed by atoms with Crippen LogP contribution < -0.4 is 10.9 Å². The van der Waals surface area contributed by atoms with Crippen molar-refractivity contribution in [3.05, 3.63) is 81.8 Å². The Kier molecular flexibility index (Phi) is 4.97. The van der Waals surface area contributed by atoms with Crippen molar-refractivity contribution >= 4 is 11.6 Å². The number of carbonyl (C=O) groups excluding carboxylic acids is 1. The molecule has 2 N–H and O–H groups in total. The number of anilines is 1. The molecule has 0 saturated carbocycles. The maximum absolute atomic E-state index is 13.1. The summed E-state index contributed by atoms with van der Waals surface area (Å²) in [6.45, 7) is 1.74. The van der Waals surface area contributed by atoms with Crippen LogP contribution in [0.15, 0.2) is 53.3 Å². The van der Waals surface area contributed by atoms with Gasteiger partial charge in [-0.1, -0.05) is 6.07 Å². The molecule has 134 valence electrons. The van der Waals surface area contributed by atoms with Gasteiger partial charge in [-0.3, -0.25) is 14.7 Å². The van der Waals surface area contributed by atoms with Crippen molar-refractivity contribution in [1.82, 2.24) is 9.78 Å². The average Bonchev–Trinajstić information content (AvgIpc) is 2.88. The highest BCUT2D eigenvalue weighted by molar-refractivity contribution is 5.90. The second-order valence-corrected chi connectivity index (χ2v) is 5.89. The van der Waals surface area contributed by atoms with Crippen LogP contribution in [0.4, 0.5) is 14.5 Å². The molecule has 1 aromatic heterocycles. The third kappa shape index (κ3) is 3.88. The summed E-state index contributed by atoms with van der Waals surface area (Å²) in [6.07, 6.45) is 0.310. The molecule has 0 aliphatic heterocycles. The van der Waals surface area contributed by atoms with E-state index in [1.807, 2.05) is 0 Å². The van der Waals surface area contributed by atoms with Gasteiger partial charge in [0.1, 0.15) is 11.6 Å². The Morgan fingerprint density at radius 1 is 1.12 bits per heavy atom. The van der Waals surface area contributed by atoms with Crippen molar-refractivity contribution in [2.75, 3.05) is 5.32 Å². The lowest BCUT2D eigenvalue weighted by Gasteiger charge is -2.04. The summed E-state index contributed by atoms with van der Waals surface area (Å²) in [5, 5.41) is 5.53. The van der Waals surface area contributed by atoms with Gasteiger partial charge in [-0.25, -0.2) is 13.5 Å². The van der Waals surface area contributed by atoms with Crippen molar-refractivity contribution in [2.24, 2.45) is 0 Å². The largest absolute Gasteiger partial charge is 0.326 e. The van der Waals surface area contributed by atoms with Crippen LogP contribution in [0.25, 0.3) is 5.69 Å². The number of aryl methyl sites for hydroxylation is 1. The Hall–Kier alpha value is -3.22. The Balaban J connectivity index is 1.71. The number of hydrogen-bond donors (Lipinski definition) is 2. The lowest BCUT2D eigenvalue weighted by atomic mass is 10.1. The Bertz CT molecular complexity index is 991. The highest BCUT2D eigenvalue weighted by Crippen LogP contribution is 2.12. The molecule has 3 rings (SSSR count). The van der Waals surface area contributed by atoms with E-state index in [2.05, 4.69) is 10.4 Å². The molecule has 3 aromatic rings. The molecular formula is C19H17F2N3O2. The summed E-state index contributed by atoms with van der Waals surface area (Å²) in [7, 11) is 0. The van der Waals surface area contributed by atoms with Gasteiger partial charge in [0.15, 0.2) is 0 Å². The highest BCUT2D eigenvalue weighted by atomic mass is 19.1. The quantitative estimate of drug-likeness (QED) is 0.736. The zero-order valence-electron chi connectivity index (χ0n) is 14.1. The number of aromatic amines is 1. The summed E-state index contributed by atoms with van der Waals surface area (Å²) >= 11 is 0. The van der Waals surface area contributed by atoms with E-state index in [1.54, 1.807) is 13.0 Å². The summed E-state index contributed by atoms with van der Waals surface area (Å²) in [5.74, 6) is -1.14. The topological polar surface area (TPSA) is 66.9 Å². The average molecular weight is 357 g/mol. The standard InChI is InChI=1S/C19H17F2N3O2/c1-12-17(9-10-18(25)22-15-4-2-3-14(21)11-15)19(26)24(23-12)16-7-5-13(20)6-8-16/h2-8,11,23H,9-10H2,1H3,(H,22,25). The zero-order chi connectivity index (χ0) is 18.7. The van der Waals surface area contributed by atoms with Crippen molar-refractivity contribution in [3.63, 3.8) is 0 Å². The SMILES string of the molecule is Cc1[nH]n(-c2ccc(F)cc2)c(=O)c1CCC(=O)Nc1cccc(F)c1. The molecule has 26 heavy (non-hydrogen) atoms.